The van der Waals surface area contributed by atoms with E-state index in [2.05, 4.69) is 10.6 Å². The van der Waals surface area contributed by atoms with E-state index in [1.54, 1.807) is 12.1 Å². The number of carbonyl (C=O) groups is 2. The molecule has 0 bridgehead atoms. The van der Waals surface area contributed by atoms with Gasteiger partial charge in [0.15, 0.2) is 0 Å². The highest BCUT2D eigenvalue weighted by Gasteiger charge is 2.24. The summed E-state index contributed by atoms with van der Waals surface area (Å²) in [5.74, 6) is -0.697. The summed E-state index contributed by atoms with van der Waals surface area (Å²) in [6.07, 6.45) is 1.10. The van der Waals surface area contributed by atoms with Crippen molar-refractivity contribution in [1.82, 2.24) is 5.32 Å². The van der Waals surface area contributed by atoms with E-state index in [0.717, 1.165) is 13.0 Å². The summed E-state index contributed by atoms with van der Waals surface area (Å²) in [6, 6.07) is 5.79. The highest BCUT2D eigenvalue weighted by molar-refractivity contribution is 5.93. The van der Waals surface area contributed by atoms with E-state index < -0.39 is 5.97 Å². The highest BCUT2D eigenvalue weighted by atomic mass is 16.5. The third-order valence-corrected chi connectivity index (χ3v) is 3.43. The topological polar surface area (TPSA) is 87.7 Å². The maximum absolute atomic E-state index is 11.7. The molecule has 1 saturated heterocycles. The van der Waals surface area contributed by atoms with Crippen molar-refractivity contribution in [2.45, 2.75) is 19.4 Å². The Kier molecular flexibility index (Phi) is 4.57. The normalized spacial score (nSPS) is 21.4. The number of hydrogen-bond acceptors (Lipinski definition) is 3. The number of benzene rings is 1. The predicted octanol–water partition coefficient (Wildman–Crippen LogP) is 1.93. The van der Waals surface area contributed by atoms with Crippen LogP contribution in [0.4, 0.5) is 10.5 Å². The summed E-state index contributed by atoms with van der Waals surface area (Å²) in [6.45, 7) is 3.27. The number of carbonyl (C=O) groups excluding carboxylic acids is 1. The van der Waals surface area contributed by atoms with Gasteiger partial charge in [0, 0.05) is 24.8 Å². The van der Waals surface area contributed by atoms with Gasteiger partial charge in [-0.25, -0.2) is 9.59 Å². The molecule has 1 aromatic carbocycles. The average molecular weight is 278 g/mol. The maximum atomic E-state index is 11.7. The van der Waals surface area contributed by atoms with Gasteiger partial charge in [-0.3, -0.25) is 0 Å². The zero-order valence-electron chi connectivity index (χ0n) is 11.3. The standard InChI is InChI=1S/C14H18N2O4/c1-9-11(5-6-20-9)8-15-14(19)16-12-4-2-3-10(7-12)13(17)18/h2-4,7,9,11H,5-6,8H2,1H3,(H,17,18)(H2,15,16,19). The van der Waals surface area contributed by atoms with E-state index in [1.165, 1.54) is 12.1 Å². The molecule has 20 heavy (non-hydrogen) atoms. The Bertz CT molecular complexity index is 504. The Balaban J connectivity index is 1.85. The summed E-state index contributed by atoms with van der Waals surface area (Å²) in [4.78, 5) is 22.6. The van der Waals surface area contributed by atoms with Crippen molar-refractivity contribution >= 4 is 17.7 Å². The third kappa shape index (κ3) is 3.71. The number of amides is 2. The Hall–Kier alpha value is -2.08. The fourth-order valence-corrected chi connectivity index (χ4v) is 2.17. The van der Waals surface area contributed by atoms with E-state index in [0.29, 0.717) is 18.2 Å². The Labute approximate surface area is 117 Å². The minimum absolute atomic E-state index is 0.139. The molecule has 1 aliphatic heterocycles. The molecule has 3 N–H and O–H groups in total. The minimum atomic E-state index is -1.02. The molecular weight excluding hydrogens is 260 g/mol. The number of ether oxygens (including phenoxy) is 1. The van der Waals surface area contributed by atoms with Gasteiger partial charge in [-0.1, -0.05) is 6.07 Å². The van der Waals surface area contributed by atoms with Crippen LogP contribution in [0.5, 0.6) is 0 Å². The molecule has 2 rings (SSSR count). The number of carboxylic acid groups (broad SMARTS) is 1. The lowest BCUT2D eigenvalue weighted by Gasteiger charge is -2.15. The van der Waals surface area contributed by atoms with Gasteiger partial charge in [0.1, 0.15) is 0 Å². The summed E-state index contributed by atoms with van der Waals surface area (Å²) in [5, 5.41) is 14.3. The van der Waals surface area contributed by atoms with Crippen LogP contribution in [0.25, 0.3) is 0 Å². The molecule has 0 saturated carbocycles. The molecule has 6 heteroatoms. The monoisotopic (exact) mass is 278 g/mol. The first-order valence-electron chi connectivity index (χ1n) is 6.56. The van der Waals surface area contributed by atoms with Crippen LogP contribution in [0.2, 0.25) is 0 Å². The fraction of sp³-hybridized carbons (Fsp3) is 0.429. The average Bonchev–Trinajstić information content (AvgIpc) is 2.82. The largest absolute Gasteiger partial charge is 0.478 e. The first kappa shape index (κ1) is 14.3. The zero-order valence-corrected chi connectivity index (χ0v) is 11.3. The predicted molar refractivity (Wildman–Crippen MR) is 73.9 cm³/mol. The molecule has 2 amide bonds. The van der Waals surface area contributed by atoms with Crippen LogP contribution in [0.3, 0.4) is 0 Å². The molecule has 2 unspecified atom stereocenters. The van der Waals surface area contributed by atoms with E-state index >= 15 is 0 Å². The number of nitrogens with one attached hydrogen (secondary N) is 2. The third-order valence-electron chi connectivity index (χ3n) is 3.43. The smallest absolute Gasteiger partial charge is 0.335 e. The van der Waals surface area contributed by atoms with Crippen molar-refractivity contribution < 1.29 is 19.4 Å². The molecule has 1 fully saturated rings. The molecule has 1 aromatic rings. The second kappa shape index (κ2) is 6.38. The van der Waals surface area contributed by atoms with Crippen LogP contribution in [0.15, 0.2) is 24.3 Å². The molecular formula is C14H18N2O4. The zero-order chi connectivity index (χ0) is 14.5. The van der Waals surface area contributed by atoms with E-state index in [1.807, 2.05) is 6.92 Å². The molecule has 6 nitrogen and oxygen atoms in total. The molecule has 2 atom stereocenters. The number of hydrogen-bond donors (Lipinski definition) is 3. The number of rotatable bonds is 4. The maximum Gasteiger partial charge on any atom is 0.335 e. The summed E-state index contributed by atoms with van der Waals surface area (Å²) < 4.78 is 5.42. The first-order chi connectivity index (χ1) is 9.56. The van der Waals surface area contributed by atoms with Crippen LogP contribution >= 0.6 is 0 Å². The fourth-order valence-electron chi connectivity index (χ4n) is 2.17. The van der Waals surface area contributed by atoms with Crippen LogP contribution in [-0.2, 0) is 4.74 Å². The van der Waals surface area contributed by atoms with E-state index in [9.17, 15) is 9.59 Å². The van der Waals surface area contributed by atoms with Gasteiger partial charge in [0.25, 0.3) is 0 Å². The van der Waals surface area contributed by atoms with Crippen molar-refractivity contribution in [3.05, 3.63) is 29.8 Å². The first-order valence-corrected chi connectivity index (χ1v) is 6.56. The number of aromatic carboxylic acids is 1. The summed E-state index contributed by atoms with van der Waals surface area (Å²) in [7, 11) is 0. The second-order valence-electron chi connectivity index (χ2n) is 4.85. The van der Waals surface area contributed by atoms with E-state index in [4.69, 9.17) is 9.84 Å². The molecule has 1 aliphatic rings. The van der Waals surface area contributed by atoms with Crippen LogP contribution in [0.1, 0.15) is 23.7 Å². The highest BCUT2D eigenvalue weighted by Crippen LogP contribution is 2.19. The van der Waals surface area contributed by atoms with Gasteiger partial charge < -0.3 is 20.5 Å². The van der Waals surface area contributed by atoms with Crippen molar-refractivity contribution in [1.29, 1.82) is 0 Å². The van der Waals surface area contributed by atoms with E-state index in [-0.39, 0.29) is 17.7 Å². The van der Waals surface area contributed by atoms with Gasteiger partial charge >= 0.3 is 12.0 Å². The molecule has 0 aromatic heterocycles. The van der Waals surface area contributed by atoms with Crippen LogP contribution in [-0.4, -0.2) is 36.4 Å². The molecule has 108 valence electrons. The van der Waals surface area contributed by atoms with Crippen molar-refractivity contribution in [3.63, 3.8) is 0 Å². The summed E-state index contributed by atoms with van der Waals surface area (Å²) >= 11 is 0. The van der Waals surface area contributed by atoms with Crippen molar-refractivity contribution in [3.8, 4) is 0 Å². The lowest BCUT2D eigenvalue weighted by molar-refractivity contribution is 0.0697. The van der Waals surface area contributed by atoms with Crippen LogP contribution < -0.4 is 10.6 Å². The van der Waals surface area contributed by atoms with Crippen molar-refractivity contribution in [2.24, 2.45) is 5.92 Å². The molecule has 0 aliphatic carbocycles. The van der Waals surface area contributed by atoms with Crippen LogP contribution in [0, 0.1) is 5.92 Å². The molecule has 0 spiro atoms. The second-order valence-corrected chi connectivity index (χ2v) is 4.85. The van der Waals surface area contributed by atoms with Gasteiger partial charge in [0.2, 0.25) is 0 Å². The Morgan fingerprint density at radius 1 is 1.45 bits per heavy atom. The number of carboxylic acids is 1. The summed E-state index contributed by atoms with van der Waals surface area (Å²) in [5.41, 5.74) is 0.596. The number of urea groups is 1. The minimum Gasteiger partial charge on any atom is -0.478 e. The van der Waals surface area contributed by atoms with Gasteiger partial charge in [0.05, 0.1) is 11.7 Å². The lowest BCUT2D eigenvalue weighted by Crippen LogP contribution is -2.35. The van der Waals surface area contributed by atoms with Gasteiger partial charge in [-0.05, 0) is 31.5 Å². The lowest BCUT2D eigenvalue weighted by atomic mass is 10.0. The quantitative estimate of drug-likeness (QED) is 0.785. The number of anilines is 1. The Morgan fingerprint density at radius 2 is 2.25 bits per heavy atom. The van der Waals surface area contributed by atoms with Crippen molar-refractivity contribution in [2.75, 3.05) is 18.5 Å². The molecule has 1 heterocycles. The Morgan fingerprint density at radius 3 is 2.90 bits per heavy atom. The molecule has 0 radical (unpaired) electrons. The van der Waals surface area contributed by atoms with Gasteiger partial charge in [-0.2, -0.15) is 0 Å². The van der Waals surface area contributed by atoms with Gasteiger partial charge in [-0.15, -0.1) is 0 Å². The SMILES string of the molecule is CC1OCCC1CNC(=O)Nc1cccc(C(=O)O)c1.